The van der Waals surface area contributed by atoms with Crippen molar-refractivity contribution >= 4 is 52.4 Å². The summed E-state index contributed by atoms with van der Waals surface area (Å²) in [6.45, 7) is 3.26. The number of pyridine rings is 1. The van der Waals surface area contributed by atoms with Crippen LogP contribution >= 0.6 is 34.8 Å². The Bertz CT molecular complexity index is 1060. The van der Waals surface area contributed by atoms with E-state index in [1.54, 1.807) is 16.8 Å². The van der Waals surface area contributed by atoms with Gasteiger partial charge in [0.1, 0.15) is 0 Å². The van der Waals surface area contributed by atoms with Crippen LogP contribution in [0.1, 0.15) is 21.7 Å². The molecule has 3 aromatic rings. The molecule has 0 unspecified atom stereocenters. The number of carbonyl (C=O) groups excluding carboxylic acids is 2. The number of nitrogens with zero attached hydrogens (tertiary/aromatic N) is 3. The zero-order valence-corrected chi connectivity index (χ0v) is 17.6. The molecule has 2 aromatic heterocycles. The minimum absolute atomic E-state index is 0.172. The lowest BCUT2D eigenvalue weighted by Gasteiger charge is -2.10. The van der Waals surface area contributed by atoms with Gasteiger partial charge in [-0.3, -0.25) is 4.79 Å². The van der Waals surface area contributed by atoms with E-state index in [4.69, 9.17) is 39.5 Å². The minimum atomic E-state index is -0.694. The Hall–Kier alpha value is -2.61. The molecule has 10 heteroatoms. The van der Waals surface area contributed by atoms with Crippen molar-refractivity contribution in [2.75, 3.05) is 11.9 Å². The third kappa shape index (κ3) is 5.06. The lowest BCUT2D eigenvalue weighted by Crippen LogP contribution is -2.21. The number of anilines is 1. The molecule has 0 saturated heterocycles. The smallest absolute Gasteiger partial charge is 0.340 e. The quantitative estimate of drug-likeness (QED) is 0.569. The summed E-state index contributed by atoms with van der Waals surface area (Å²) in [5.41, 5.74) is 2.17. The number of benzene rings is 1. The predicted octanol–water partition coefficient (Wildman–Crippen LogP) is 4.64. The van der Waals surface area contributed by atoms with Gasteiger partial charge in [0.05, 0.1) is 27.0 Å². The molecule has 0 aliphatic rings. The molecule has 0 spiro atoms. The normalized spacial score (nSPS) is 10.7. The molecule has 0 bridgehead atoms. The molecule has 150 valence electrons. The van der Waals surface area contributed by atoms with Gasteiger partial charge in [0.15, 0.2) is 12.4 Å². The number of nitrogens with one attached hydrogen (secondary N) is 1. The fourth-order valence-electron chi connectivity index (χ4n) is 2.54. The molecule has 0 saturated carbocycles. The van der Waals surface area contributed by atoms with E-state index in [0.717, 1.165) is 11.4 Å². The molecule has 1 aromatic carbocycles. The second-order valence-electron chi connectivity index (χ2n) is 6.11. The van der Waals surface area contributed by atoms with Gasteiger partial charge in [-0.2, -0.15) is 5.10 Å². The summed E-state index contributed by atoms with van der Waals surface area (Å²) in [4.78, 5) is 28.4. The fourth-order valence-corrected chi connectivity index (χ4v) is 3.46. The van der Waals surface area contributed by atoms with Gasteiger partial charge in [-0.15, -0.1) is 0 Å². The molecule has 2 heterocycles. The highest BCUT2D eigenvalue weighted by Gasteiger charge is 2.15. The van der Waals surface area contributed by atoms with E-state index in [2.05, 4.69) is 15.4 Å². The summed E-state index contributed by atoms with van der Waals surface area (Å²) in [6.07, 6.45) is 1.36. The predicted molar refractivity (Wildman–Crippen MR) is 111 cm³/mol. The first-order chi connectivity index (χ1) is 13.7. The number of rotatable bonds is 5. The number of esters is 1. The molecule has 0 aliphatic carbocycles. The highest BCUT2D eigenvalue weighted by molar-refractivity contribution is 6.42. The van der Waals surface area contributed by atoms with E-state index in [1.807, 2.05) is 19.9 Å². The van der Waals surface area contributed by atoms with Gasteiger partial charge in [0.25, 0.3) is 5.91 Å². The van der Waals surface area contributed by atoms with E-state index >= 15 is 0 Å². The Balaban J connectivity index is 1.61. The van der Waals surface area contributed by atoms with Crippen molar-refractivity contribution in [1.82, 2.24) is 14.8 Å². The minimum Gasteiger partial charge on any atom is -0.452 e. The standard InChI is InChI=1S/C19H15Cl3N4O3/c1-10-5-11(2)26(25-10)16-4-3-12(8-23-16)19(28)29-9-17(27)24-18-14(21)6-13(20)7-15(18)22/h3-8H,9H2,1-2H3,(H,24,27). The van der Waals surface area contributed by atoms with Gasteiger partial charge < -0.3 is 10.1 Å². The zero-order valence-electron chi connectivity index (χ0n) is 15.4. The van der Waals surface area contributed by atoms with Crippen LogP contribution in [0.2, 0.25) is 15.1 Å². The van der Waals surface area contributed by atoms with E-state index < -0.39 is 18.5 Å². The zero-order chi connectivity index (χ0) is 21.1. The van der Waals surface area contributed by atoms with Crippen LogP contribution in [0.25, 0.3) is 5.82 Å². The number of hydrogen-bond acceptors (Lipinski definition) is 5. The van der Waals surface area contributed by atoms with Crippen LogP contribution < -0.4 is 5.32 Å². The molecule has 29 heavy (non-hydrogen) atoms. The van der Waals surface area contributed by atoms with Crippen molar-refractivity contribution in [1.29, 1.82) is 0 Å². The van der Waals surface area contributed by atoms with Crippen molar-refractivity contribution in [2.24, 2.45) is 0 Å². The lowest BCUT2D eigenvalue weighted by molar-refractivity contribution is -0.119. The highest BCUT2D eigenvalue weighted by Crippen LogP contribution is 2.33. The number of aromatic nitrogens is 3. The topological polar surface area (TPSA) is 86.1 Å². The maximum atomic E-state index is 12.2. The molecule has 0 radical (unpaired) electrons. The summed E-state index contributed by atoms with van der Waals surface area (Å²) < 4.78 is 6.68. The molecule has 1 N–H and O–H groups in total. The van der Waals surface area contributed by atoms with Crippen LogP contribution in [0, 0.1) is 13.8 Å². The van der Waals surface area contributed by atoms with Gasteiger partial charge >= 0.3 is 5.97 Å². The number of amides is 1. The summed E-state index contributed by atoms with van der Waals surface area (Å²) in [6, 6.07) is 7.98. The molecule has 1 amide bonds. The maximum absolute atomic E-state index is 12.2. The fraction of sp³-hybridized carbons (Fsp3) is 0.158. The summed E-state index contributed by atoms with van der Waals surface area (Å²) >= 11 is 17.8. The first-order valence-corrected chi connectivity index (χ1v) is 9.49. The van der Waals surface area contributed by atoms with Gasteiger partial charge in [0, 0.05) is 16.9 Å². The van der Waals surface area contributed by atoms with Crippen LogP contribution in [0.15, 0.2) is 36.5 Å². The van der Waals surface area contributed by atoms with Crippen molar-refractivity contribution < 1.29 is 14.3 Å². The third-order valence-electron chi connectivity index (χ3n) is 3.82. The second-order valence-corrected chi connectivity index (χ2v) is 7.36. The van der Waals surface area contributed by atoms with Gasteiger partial charge in [-0.25, -0.2) is 14.5 Å². The van der Waals surface area contributed by atoms with Crippen LogP contribution in [0.5, 0.6) is 0 Å². The monoisotopic (exact) mass is 452 g/mol. The number of hydrogen-bond donors (Lipinski definition) is 1. The van der Waals surface area contributed by atoms with E-state index in [0.29, 0.717) is 10.8 Å². The average Bonchev–Trinajstić information content (AvgIpc) is 3.01. The average molecular weight is 454 g/mol. The largest absolute Gasteiger partial charge is 0.452 e. The summed E-state index contributed by atoms with van der Waals surface area (Å²) in [7, 11) is 0. The highest BCUT2D eigenvalue weighted by atomic mass is 35.5. The first kappa shape index (κ1) is 21.1. The van der Waals surface area contributed by atoms with Gasteiger partial charge in [-0.05, 0) is 44.2 Å². The number of aryl methyl sites for hydroxylation is 2. The van der Waals surface area contributed by atoms with Crippen molar-refractivity contribution in [3.05, 3.63) is 68.5 Å². The summed E-state index contributed by atoms with van der Waals surface area (Å²) in [5, 5.41) is 7.49. The Labute approximate surface area is 181 Å². The second kappa shape index (κ2) is 8.82. The number of halogens is 3. The molecule has 0 fully saturated rings. The molecule has 7 nitrogen and oxygen atoms in total. The Morgan fingerprint density at radius 1 is 1.10 bits per heavy atom. The van der Waals surface area contributed by atoms with Crippen LogP contribution in [0.3, 0.4) is 0 Å². The Kier molecular flexibility index (Phi) is 6.42. The molecule has 3 rings (SSSR count). The van der Waals surface area contributed by atoms with Crippen LogP contribution in [-0.2, 0) is 9.53 Å². The van der Waals surface area contributed by atoms with Crippen LogP contribution in [-0.4, -0.2) is 33.2 Å². The molecule has 0 aliphatic heterocycles. The Morgan fingerprint density at radius 3 is 2.34 bits per heavy atom. The van der Waals surface area contributed by atoms with Crippen molar-refractivity contribution in [3.63, 3.8) is 0 Å². The first-order valence-electron chi connectivity index (χ1n) is 8.36. The maximum Gasteiger partial charge on any atom is 0.340 e. The van der Waals surface area contributed by atoms with Crippen LogP contribution in [0.4, 0.5) is 5.69 Å². The number of ether oxygens (including phenoxy) is 1. The Morgan fingerprint density at radius 2 is 1.79 bits per heavy atom. The molecule has 0 atom stereocenters. The lowest BCUT2D eigenvalue weighted by atomic mass is 10.3. The van der Waals surface area contributed by atoms with E-state index in [-0.39, 0.29) is 21.3 Å². The van der Waals surface area contributed by atoms with Gasteiger partial charge in [-0.1, -0.05) is 34.8 Å². The van der Waals surface area contributed by atoms with Crippen molar-refractivity contribution in [2.45, 2.75) is 13.8 Å². The third-order valence-corrected chi connectivity index (χ3v) is 4.63. The van der Waals surface area contributed by atoms with Gasteiger partial charge in [0.2, 0.25) is 0 Å². The number of carbonyl (C=O) groups is 2. The van der Waals surface area contributed by atoms with E-state index in [1.165, 1.54) is 18.3 Å². The SMILES string of the molecule is Cc1cc(C)n(-c2ccc(C(=O)OCC(=O)Nc3c(Cl)cc(Cl)cc3Cl)cn2)n1. The molecular weight excluding hydrogens is 439 g/mol. The van der Waals surface area contributed by atoms with Crippen molar-refractivity contribution in [3.8, 4) is 5.82 Å². The van der Waals surface area contributed by atoms with E-state index in [9.17, 15) is 9.59 Å². The summed E-state index contributed by atoms with van der Waals surface area (Å²) in [5.74, 6) is -0.727. The molecular formula is C19H15Cl3N4O3.